The number of hydrogen-bond donors (Lipinski definition) is 1. The van der Waals surface area contributed by atoms with Crippen molar-refractivity contribution in [2.75, 3.05) is 22.7 Å². The lowest BCUT2D eigenvalue weighted by atomic mass is 10.0. The average Bonchev–Trinajstić information content (AvgIpc) is 3.10. The number of rotatable bonds is 10. The Morgan fingerprint density at radius 3 is 2.36 bits per heavy atom. The summed E-state index contributed by atoms with van der Waals surface area (Å²) in [5.74, 6) is -0.223. The van der Waals surface area contributed by atoms with Crippen molar-refractivity contribution < 1.29 is 22.7 Å². The summed E-state index contributed by atoms with van der Waals surface area (Å²) in [5, 5.41) is 2.86. The Hall–Kier alpha value is -3.63. The van der Waals surface area contributed by atoms with Crippen LogP contribution in [0, 0.1) is 0 Å². The van der Waals surface area contributed by atoms with Crippen LogP contribution in [0.5, 0.6) is 5.75 Å². The van der Waals surface area contributed by atoms with Crippen molar-refractivity contribution in [2.45, 2.75) is 45.6 Å². The first-order chi connectivity index (χ1) is 18.4. The zero-order valence-corrected chi connectivity index (χ0v) is 24.6. The minimum absolute atomic E-state index is 0.160. The van der Waals surface area contributed by atoms with E-state index in [4.69, 9.17) is 4.74 Å². The molecule has 1 aliphatic rings. The van der Waals surface area contributed by atoms with Crippen molar-refractivity contribution >= 4 is 41.5 Å². The fraction of sp³-hybridized carbons (Fsp3) is 0.310. The molecule has 3 aromatic carbocycles. The fourth-order valence-corrected chi connectivity index (χ4v) is 6.95. The minimum atomic E-state index is -4.04. The second kappa shape index (κ2) is 11.6. The van der Waals surface area contributed by atoms with E-state index in [1.54, 1.807) is 6.07 Å². The highest BCUT2D eigenvalue weighted by Crippen LogP contribution is 2.36. The molecule has 0 saturated carbocycles. The Kier molecular flexibility index (Phi) is 8.46. The summed E-state index contributed by atoms with van der Waals surface area (Å²) in [6, 6.07) is 23.2. The molecule has 0 atom stereocenters. The molecular weight excluding hydrogens is 530 g/mol. The Labute approximate surface area is 231 Å². The molecule has 1 heterocycles. The number of amides is 2. The second-order valence-electron chi connectivity index (χ2n) is 10.9. The summed E-state index contributed by atoms with van der Waals surface area (Å²) in [6.07, 6.45) is 0.493. The molecule has 1 fully saturated rings. The van der Waals surface area contributed by atoms with Gasteiger partial charge in [-0.25, -0.2) is 8.61 Å². The van der Waals surface area contributed by atoms with Gasteiger partial charge in [-0.2, -0.15) is 8.42 Å². The Bertz CT molecular complexity index is 1460. The van der Waals surface area contributed by atoms with E-state index in [1.165, 1.54) is 6.92 Å². The third kappa shape index (κ3) is 7.07. The van der Waals surface area contributed by atoms with Crippen molar-refractivity contribution in [2.24, 2.45) is 0 Å². The molecule has 4 rings (SSSR count). The summed E-state index contributed by atoms with van der Waals surface area (Å²) in [5.41, 5.74) is 3.76. The molecule has 0 bridgehead atoms. The lowest BCUT2D eigenvalue weighted by Crippen LogP contribution is -2.37. The molecule has 3 aromatic rings. The van der Waals surface area contributed by atoms with Gasteiger partial charge in [0.2, 0.25) is 5.91 Å². The molecule has 0 spiro atoms. The first-order valence-corrected chi connectivity index (χ1v) is 18.0. The van der Waals surface area contributed by atoms with Crippen molar-refractivity contribution in [3.63, 3.8) is 0 Å². The van der Waals surface area contributed by atoms with E-state index in [0.29, 0.717) is 29.6 Å². The zero-order valence-electron chi connectivity index (χ0n) is 22.8. The van der Waals surface area contributed by atoms with Crippen LogP contribution in [0.15, 0.2) is 72.8 Å². The maximum absolute atomic E-state index is 13.5. The SMILES string of the molecule is CC(=O)Nc1ccccc1Cc1ccc(N2CC(=O)N(CC[Si](C)(C)C)S2(=O)=O)c(OCc2ccccc2)c1. The molecule has 1 aliphatic heterocycles. The number of ether oxygens (including phenoxy) is 1. The fourth-order valence-electron chi connectivity index (χ4n) is 4.35. The van der Waals surface area contributed by atoms with E-state index >= 15 is 0 Å². The summed E-state index contributed by atoms with van der Waals surface area (Å²) < 4.78 is 35.4. The summed E-state index contributed by atoms with van der Waals surface area (Å²) >= 11 is 0. The highest BCUT2D eigenvalue weighted by Gasteiger charge is 2.43. The molecule has 0 radical (unpaired) electrons. The van der Waals surface area contributed by atoms with Crippen LogP contribution in [0.1, 0.15) is 23.6 Å². The van der Waals surface area contributed by atoms with Crippen molar-refractivity contribution in [1.82, 2.24) is 4.31 Å². The van der Waals surface area contributed by atoms with Crippen LogP contribution in [0.3, 0.4) is 0 Å². The monoisotopic (exact) mass is 565 g/mol. The maximum atomic E-state index is 13.5. The number of para-hydroxylation sites is 1. The van der Waals surface area contributed by atoms with Gasteiger partial charge in [-0.15, -0.1) is 0 Å². The lowest BCUT2D eigenvalue weighted by molar-refractivity contribution is -0.123. The van der Waals surface area contributed by atoms with Crippen molar-refractivity contribution in [1.29, 1.82) is 0 Å². The van der Waals surface area contributed by atoms with Gasteiger partial charge in [0, 0.05) is 27.2 Å². The van der Waals surface area contributed by atoms with Crippen LogP contribution < -0.4 is 14.4 Å². The molecule has 8 nitrogen and oxygen atoms in total. The predicted octanol–water partition coefficient (Wildman–Crippen LogP) is 5.05. The highest BCUT2D eigenvalue weighted by molar-refractivity contribution is 7.91. The van der Waals surface area contributed by atoms with E-state index in [9.17, 15) is 18.0 Å². The van der Waals surface area contributed by atoms with Gasteiger partial charge in [-0.1, -0.05) is 74.2 Å². The molecular formula is C29H35N3O5SSi. The zero-order chi connectivity index (χ0) is 28.2. The average molecular weight is 566 g/mol. The largest absolute Gasteiger partial charge is 0.487 e. The van der Waals surface area contributed by atoms with E-state index in [1.807, 2.05) is 66.7 Å². The van der Waals surface area contributed by atoms with Gasteiger partial charge in [0.25, 0.3) is 5.91 Å². The Morgan fingerprint density at radius 2 is 1.67 bits per heavy atom. The van der Waals surface area contributed by atoms with Gasteiger partial charge in [-0.05, 0) is 47.4 Å². The molecule has 0 aromatic heterocycles. The number of carbonyl (C=O) groups is 2. The molecule has 0 aliphatic carbocycles. The van der Waals surface area contributed by atoms with E-state index in [0.717, 1.165) is 25.3 Å². The molecule has 2 amide bonds. The summed E-state index contributed by atoms with van der Waals surface area (Å²) in [6.45, 7) is 8.07. The Balaban J connectivity index is 1.67. The highest BCUT2D eigenvalue weighted by atomic mass is 32.2. The van der Waals surface area contributed by atoms with Gasteiger partial charge in [0.1, 0.15) is 18.9 Å². The van der Waals surface area contributed by atoms with Crippen molar-refractivity contribution in [3.8, 4) is 5.75 Å². The molecule has 0 unspecified atom stereocenters. The third-order valence-electron chi connectivity index (χ3n) is 6.43. The van der Waals surface area contributed by atoms with Crippen LogP contribution in [0.4, 0.5) is 11.4 Å². The predicted molar refractivity (Wildman–Crippen MR) is 157 cm³/mol. The van der Waals surface area contributed by atoms with Crippen molar-refractivity contribution in [3.05, 3.63) is 89.5 Å². The van der Waals surface area contributed by atoms with Crippen LogP contribution in [0.2, 0.25) is 25.7 Å². The van der Waals surface area contributed by atoms with Gasteiger partial charge in [-0.3, -0.25) is 9.59 Å². The van der Waals surface area contributed by atoms with Crippen LogP contribution in [-0.2, 0) is 32.8 Å². The normalized spacial score (nSPS) is 14.9. The number of carbonyl (C=O) groups excluding carboxylic acids is 2. The van der Waals surface area contributed by atoms with Gasteiger partial charge < -0.3 is 10.1 Å². The number of benzene rings is 3. The molecule has 10 heteroatoms. The summed E-state index contributed by atoms with van der Waals surface area (Å²) in [4.78, 5) is 24.5. The summed E-state index contributed by atoms with van der Waals surface area (Å²) in [7, 11) is -5.60. The topological polar surface area (TPSA) is 96.0 Å². The van der Waals surface area contributed by atoms with Gasteiger partial charge in [0.15, 0.2) is 0 Å². The van der Waals surface area contributed by atoms with Crippen LogP contribution >= 0.6 is 0 Å². The van der Waals surface area contributed by atoms with Crippen LogP contribution in [-0.4, -0.2) is 45.7 Å². The van der Waals surface area contributed by atoms with Gasteiger partial charge in [0.05, 0.1) is 5.69 Å². The smallest absolute Gasteiger partial charge is 0.329 e. The minimum Gasteiger partial charge on any atom is -0.487 e. The number of anilines is 2. The molecule has 1 saturated heterocycles. The maximum Gasteiger partial charge on any atom is 0.329 e. The standard InChI is InChI=1S/C29H35N3O5SSi/c1-22(33)30-26-13-9-8-12-25(26)18-24-14-15-27(28(19-24)37-21-23-10-6-5-7-11-23)32-20-29(34)31(38(32,35)36)16-17-39(2,3)4/h5-15,19H,16-18,20-21H2,1-4H3,(H,30,33). The number of nitrogens with one attached hydrogen (secondary N) is 1. The molecule has 206 valence electrons. The first-order valence-electron chi connectivity index (χ1n) is 12.9. The molecule has 39 heavy (non-hydrogen) atoms. The number of hydrogen-bond acceptors (Lipinski definition) is 5. The first kappa shape index (κ1) is 28.4. The quantitative estimate of drug-likeness (QED) is 0.347. The lowest BCUT2D eigenvalue weighted by Gasteiger charge is -2.24. The van der Waals surface area contributed by atoms with E-state index < -0.39 is 24.2 Å². The number of nitrogens with zero attached hydrogens (tertiary/aromatic N) is 2. The Morgan fingerprint density at radius 1 is 0.974 bits per heavy atom. The van der Waals surface area contributed by atoms with E-state index in [-0.39, 0.29) is 25.6 Å². The molecule has 1 N–H and O–H groups in total. The van der Waals surface area contributed by atoms with E-state index in [2.05, 4.69) is 25.0 Å². The van der Waals surface area contributed by atoms with Crippen LogP contribution in [0.25, 0.3) is 0 Å². The second-order valence-corrected chi connectivity index (χ2v) is 18.3. The van der Waals surface area contributed by atoms with Gasteiger partial charge >= 0.3 is 10.2 Å². The third-order valence-corrected chi connectivity index (χ3v) is 9.98.